The van der Waals surface area contributed by atoms with Gasteiger partial charge in [-0.3, -0.25) is 16.0 Å². The molecule has 1 rings (SSSR count). The van der Waals surface area contributed by atoms with Gasteiger partial charge in [-0.2, -0.15) is 5.10 Å². The number of methoxy groups -OCH3 is 2. The molecule has 16 heavy (non-hydrogen) atoms. The van der Waals surface area contributed by atoms with Gasteiger partial charge in [-0.15, -0.1) is 0 Å². The Balaban J connectivity index is 2.73. The third kappa shape index (κ3) is 2.94. The van der Waals surface area contributed by atoms with Crippen LogP contribution in [0.3, 0.4) is 0 Å². The van der Waals surface area contributed by atoms with Crippen LogP contribution in [0, 0.1) is 0 Å². The van der Waals surface area contributed by atoms with Crippen LogP contribution in [-0.2, 0) is 11.8 Å². The largest absolute Gasteiger partial charge is 0.493 e. The third-order valence-corrected chi connectivity index (χ3v) is 2.54. The van der Waals surface area contributed by atoms with Gasteiger partial charge in [0.15, 0.2) is 5.75 Å². The molecule has 0 amide bonds. The Kier molecular flexibility index (Phi) is 5.24. The number of hydrazine groups is 1. The molecule has 0 spiro atoms. The predicted molar refractivity (Wildman–Crippen MR) is 60.9 cm³/mol. The highest BCUT2D eigenvalue weighted by Crippen LogP contribution is 2.26. The van der Waals surface area contributed by atoms with E-state index in [1.54, 1.807) is 25.1 Å². The van der Waals surface area contributed by atoms with E-state index < -0.39 is 0 Å². The van der Waals surface area contributed by atoms with Crippen LogP contribution in [0.5, 0.6) is 5.75 Å². The second-order valence-corrected chi connectivity index (χ2v) is 3.58. The minimum absolute atomic E-state index is 0.0256. The summed E-state index contributed by atoms with van der Waals surface area (Å²) in [6.07, 6.45) is 3.50. The zero-order valence-corrected chi connectivity index (χ0v) is 10.1. The van der Waals surface area contributed by atoms with E-state index in [2.05, 4.69) is 10.5 Å². The van der Waals surface area contributed by atoms with Gasteiger partial charge in [0.05, 0.1) is 25.0 Å². The van der Waals surface area contributed by atoms with Crippen LogP contribution in [0.25, 0.3) is 0 Å². The van der Waals surface area contributed by atoms with Crippen molar-refractivity contribution in [1.82, 2.24) is 15.2 Å². The summed E-state index contributed by atoms with van der Waals surface area (Å²) in [5.41, 5.74) is 3.74. The highest BCUT2D eigenvalue weighted by molar-refractivity contribution is 5.27. The van der Waals surface area contributed by atoms with E-state index in [4.69, 9.17) is 15.3 Å². The van der Waals surface area contributed by atoms with Crippen molar-refractivity contribution in [3.8, 4) is 5.75 Å². The van der Waals surface area contributed by atoms with Crippen LogP contribution in [0.4, 0.5) is 0 Å². The maximum Gasteiger partial charge on any atom is 0.161 e. The molecule has 1 aromatic rings. The fraction of sp³-hybridized carbons (Fsp3) is 0.700. The van der Waals surface area contributed by atoms with E-state index in [9.17, 15) is 0 Å². The molecule has 0 aromatic carbocycles. The normalized spacial score (nSPS) is 12.8. The summed E-state index contributed by atoms with van der Waals surface area (Å²) in [5, 5.41) is 4.15. The zero-order chi connectivity index (χ0) is 12.0. The highest BCUT2D eigenvalue weighted by Gasteiger charge is 2.18. The van der Waals surface area contributed by atoms with Gasteiger partial charge in [-0.1, -0.05) is 0 Å². The van der Waals surface area contributed by atoms with Crippen molar-refractivity contribution in [3.63, 3.8) is 0 Å². The number of nitrogens with zero attached hydrogens (tertiary/aromatic N) is 2. The van der Waals surface area contributed by atoms with Crippen molar-refractivity contribution in [2.24, 2.45) is 12.9 Å². The lowest BCUT2D eigenvalue weighted by Gasteiger charge is -2.17. The Morgan fingerprint density at radius 1 is 1.56 bits per heavy atom. The number of aryl methyl sites for hydroxylation is 1. The van der Waals surface area contributed by atoms with E-state index >= 15 is 0 Å². The average molecular weight is 228 g/mol. The number of rotatable bonds is 7. The first-order valence-electron chi connectivity index (χ1n) is 5.25. The maximum atomic E-state index is 5.55. The molecule has 6 heteroatoms. The third-order valence-electron chi connectivity index (χ3n) is 2.54. The SMILES string of the molecule is COCCCC(NN)c1c(OC)cnn1C. The molecule has 92 valence electrons. The van der Waals surface area contributed by atoms with Crippen molar-refractivity contribution in [3.05, 3.63) is 11.9 Å². The van der Waals surface area contributed by atoms with E-state index in [1.165, 1.54) is 0 Å². The van der Waals surface area contributed by atoms with Crippen molar-refractivity contribution in [2.75, 3.05) is 20.8 Å². The molecule has 0 bridgehead atoms. The van der Waals surface area contributed by atoms with Gasteiger partial charge in [-0.05, 0) is 12.8 Å². The molecule has 1 atom stereocenters. The van der Waals surface area contributed by atoms with Gasteiger partial charge in [-0.25, -0.2) is 0 Å². The van der Waals surface area contributed by atoms with E-state index in [1.807, 2.05) is 7.05 Å². The van der Waals surface area contributed by atoms with Crippen molar-refractivity contribution < 1.29 is 9.47 Å². The summed E-state index contributed by atoms with van der Waals surface area (Å²) in [6.45, 7) is 0.721. The molecule has 0 fully saturated rings. The first-order chi connectivity index (χ1) is 7.74. The van der Waals surface area contributed by atoms with Crippen LogP contribution in [0.2, 0.25) is 0 Å². The molecular formula is C10H20N4O2. The Morgan fingerprint density at radius 3 is 2.88 bits per heavy atom. The Bertz CT molecular complexity index is 314. The quantitative estimate of drug-likeness (QED) is 0.400. The zero-order valence-electron chi connectivity index (χ0n) is 10.1. The first-order valence-corrected chi connectivity index (χ1v) is 5.25. The fourth-order valence-electron chi connectivity index (χ4n) is 1.71. The van der Waals surface area contributed by atoms with Crippen molar-refractivity contribution in [2.45, 2.75) is 18.9 Å². The second kappa shape index (κ2) is 6.47. The molecule has 0 saturated heterocycles. The highest BCUT2D eigenvalue weighted by atomic mass is 16.5. The fourth-order valence-corrected chi connectivity index (χ4v) is 1.71. The van der Waals surface area contributed by atoms with Crippen molar-refractivity contribution >= 4 is 0 Å². The van der Waals surface area contributed by atoms with Crippen LogP contribution in [0.1, 0.15) is 24.6 Å². The Labute approximate surface area is 95.7 Å². The summed E-state index contributed by atoms with van der Waals surface area (Å²) in [7, 11) is 5.19. The van der Waals surface area contributed by atoms with Gasteiger partial charge in [0.25, 0.3) is 0 Å². The number of hydrogen-bond acceptors (Lipinski definition) is 5. The standard InChI is InChI=1S/C10H20N4O2/c1-14-10(9(16-3)7-12-14)8(13-11)5-4-6-15-2/h7-8,13H,4-6,11H2,1-3H3. The number of ether oxygens (including phenoxy) is 2. The van der Waals surface area contributed by atoms with Crippen LogP contribution in [-0.4, -0.2) is 30.6 Å². The summed E-state index contributed by atoms with van der Waals surface area (Å²) >= 11 is 0. The number of nitrogens with one attached hydrogen (secondary N) is 1. The number of hydrogen-bond donors (Lipinski definition) is 2. The monoisotopic (exact) mass is 228 g/mol. The molecule has 3 N–H and O–H groups in total. The van der Waals surface area contributed by atoms with Crippen LogP contribution in [0.15, 0.2) is 6.20 Å². The maximum absolute atomic E-state index is 5.55. The molecule has 1 unspecified atom stereocenters. The predicted octanol–water partition coefficient (Wildman–Crippen LogP) is 0.360. The molecule has 6 nitrogen and oxygen atoms in total. The first kappa shape index (κ1) is 13.0. The van der Waals surface area contributed by atoms with Gasteiger partial charge in [0, 0.05) is 20.8 Å². The van der Waals surface area contributed by atoms with Gasteiger partial charge in [0.1, 0.15) is 0 Å². The van der Waals surface area contributed by atoms with Crippen LogP contribution >= 0.6 is 0 Å². The topological polar surface area (TPSA) is 74.3 Å². The summed E-state index contributed by atoms with van der Waals surface area (Å²) < 4.78 is 12.0. The smallest absolute Gasteiger partial charge is 0.161 e. The minimum Gasteiger partial charge on any atom is -0.493 e. The minimum atomic E-state index is 0.0256. The molecule has 0 saturated carbocycles. The summed E-state index contributed by atoms with van der Waals surface area (Å²) in [6, 6.07) is 0.0256. The average Bonchev–Trinajstić information content (AvgIpc) is 2.66. The molecule has 0 aliphatic heterocycles. The second-order valence-electron chi connectivity index (χ2n) is 3.58. The van der Waals surface area contributed by atoms with E-state index in [-0.39, 0.29) is 6.04 Å². The molecule has 0 aliphatic rings. The molecule has 0 radical (unpaired) electrons. The van der Waals surface area contributed by atoms with Crippen LogP contribution < -0.4 is 16.0 Å². The lowest BCUT2D eigenvalue weighted by atomic mass is 10.1. The lowest BCUT2D eigenvalue weighted by molar-refractivity contribution is 0.188. The molecular weight excluding hydrogens is 208 g/mol. The number of aromatic nitrogens is 2. The number of nitrogens with two attached hydrogens (primary N) is 1. The molecule has 0 aliphatic carbocycles. The van der Waals surface area contributed by atoms with Gasteiger partial charge in [0.2, 0.25) is 0 Å². The van der Waals surface area contributed by atoms with Gasteiger partial charge < -0.3 is 9.47 Å². The van der Waals surface area contributed by atoms with Gasteiger partial charge >= 0.3 is 0 Å². The Morgan fingerprint density at radius 2 is 2.31 bits per heavy atom. The molecule has 1 aromatic heterocycles. The van der Waals surface area contributed by atoms with E-state index in [0.717, 1.165) is 30.9 Å². The van der Waals surface area contributed by atoms with Crippen molar-refractivity contribution in [1.29, 1.82) is 0 Å². The molecule has 1 heterocycles. The summed E-state index contributed by atoms with van der Waals surface area (Å²) in [5.74, 6) is 6.30. The van der Waals surface area contributed by atoms with E-state index in [0.29, 0.717) is 0 Å². The Hall–Kier alpha value is -1.11. The summed E-state index contributed by atoms with van der Waals surface area (Å²) in [4.78, 5) is 0. The lowest BCUT2D eigenvalue weighted by Crippen LogP contribution is -2.30.